The molecular weight excluding hydrogens is 257 g/mol. The number of nitrogens with one attached hydrogen (secondary N) is 1. The van der Waals surface area contributed by atoms with E-state index in [1.54, 1.807) is 12.1 Å². The topological polar surface area (TPSA) is 49.3 Å². The van der Waals surface area contributed by atoms with E-state index in [0.717, 1.165) is 11.1 Å². The van der Waals surface area contributed by atoms with Crippen LogP contribution in [-0.2, 0) is 4.79 Å². The van der Waals surface area contributed by atoms with Crippen LogP contribution >= 0.6 is 0 Å². The van der Waals surface area contributed by atoms with Crippen molar-refractivity contribution in [1.29, 1.82) is 0 Å². The lowest BCUT2D eigenvalue weighted by Crippen LogP contribution is -2.23. The number of carbonyl (C=O) groups is 1. The van der Waals surface area contributed by atoms with Gasteiger partial charge in [-0.05, 0) is 42.7 Å². The zero-order valence-corrected chi connectivity index (χ0v) is 11.4. The second-order valence-electron chi connectivity index (χ2n) is 4.70. The van der Waals surface area contributed by atoms with Crippen molar-refractivity contribution in [3.63, 3.8) is 0 Å². The Labute approximate surface area is 117 Å². The Bertz CT molecular complexity index is 620. The number of anilines is 1. The maximum Gasteiger partial charge on any atom is 0.330 e. The lowest BCUT2D eigenvalue weighted by molar-refractivity contribution is -0.138. The number of para-hydroxylation sites is 1. The minimum absolute atomic E-state index is 0.183. The molecule has 0 aliphatic rings. The standard InChI is InChI=1S/C16H16FNO2/c1-10-6-5-7-11(2)14(10)15(16(19)20)18-13-9-4-3-8-12(13)17/h3-9,15,18H,1-2H3,(H,19,20). The second kappa shape index (κ2) is 5.74. The van der Waals surface area contributed by atoms with E-state index in [9.17, 15) is 14.3 Å². The molecule has 20 heavy (non-hydrogen) atoms. The van der Waals surface area contributed by atoms with Gasteiger partial charge in [0.1, 0.15) is 5.82 Å². The summed E-state index contributed by atoms with van der Waals surface area (Å²) < 4.78 is 13.7. The van der Waals surface area contributed by atoms with Crippen LogP contribution in [-0.4, -0.2) is 11.1 Å². The molecule has 0 heterocycles. The van der Waals surface area contributed by atoms with E-state index < -0.39 is 17.8 Å². The van der Waals surface area contributed by atoms with Crippen molar-refractivity contribution in [2.75, 3.05) is 5.32 Å². The summed E-state index contributed by atoms with van der Waals surface area (Å²) in [6.07, 6.45) is 0. The van der Waals surface area contributed by atoms with Gasteiger partial charge in [-0.3, -0.25) is 0 Å². The summed E-state index contributed by atoms with van der Waals surface area (Å²) >= 11 is 0. The maximum atomic E-state index is 13.7. The number of hydrogen-bond acceptors (Lipinski definition) is 2. The van der Waals surface area contributed by atoms with E-state index in [1.807, 2.05) is 32.0 Å². The normalized spacial score (nSPS) is 11.9. The van der Waals surface area contributed by atoms with Crippen LogP contribution in [0.25, 0.3) is 0 Å². The number of carboxylic acid groups (broad SMARTS) is 1. The molecular formula is C16H16FNO2. The molecule has 0 radical (unpaired) electrons. The highest BCUT2D eigenvalue weighted by Gasteiger charge is 2.24. The third kappa shape index (κ3) is 2.79. The van der Waals surface area contributed by atoms with Crippen molar-refractivity contribution < 1.29 is 14.3 Å². The minimum Gasteiger partial charge on any atom is -0.479 e. The van der Waals surface area contributed by atoms with E-state index >= 15 is 0 Å². The van der Waals surface area contributed by atoms with Gasteiger partial charge in [0.05, 0.1) is 5.69 Å². The molecule has 0 aliphatic heterocycles. The third-order valence-electron chi connectivity index (χ3n) is 3.25. The first-order valence-electron chi connectivity index (χ1n) is 6.30. The quantitative estimate of drug-likeness (QED) is 0.893. The van der Waals surface area contributed by atoms with Crippen molar-refractivity contribution in [2.24, 2.45) is 0 Å². The minimum atomic E-state index is -1.04. The fourth-order valence-corrected chi connectivity index (χ4v) is 2.27. The number of benzene rings is 2. The monoisotopic (exact) mass is 273 g/mol. The number of aliphatic carboxylic acids is 1. The second-order valence-corrected chi connectivity index (χ2v) is 4.70. The summed E-state index contributed by atoms with van der Waals surface area (Å²) in [7, 11) is 0. The molecule has 0 spiro atoms. The molecule has 0 bridgehead atoms. The van der Waals surface area contributed by atoms with Crippen LogP contribution in [0.2, 0.25) is 0 Å². The van der Waals surface area contributed by atoms with Crippen LogP contribution < -0.4 is 5.32 Å². The predicted octanol–water partition coefficient (Wildman–Crippen LogP) is 3.68. The van der Waals surface area contributed by atoms with Gasteiger partial charge in [0.15, 0.2) is 6.04 Å². The van der Waals surface area contributed by atoms with Crippen LogP contribution in [0, 0.1) is 19.7 Å². The summed E-state index contributed by atoms with van der Waals surface area (Å²) in [5.41, 5.74) is 2.58. The Morgan fingerprint density at radius 3 is 2.25 bits per heavy atom. The largest absolute Gasteiger partial charge is 0.479 e. The van der Waals surface area contributed by atoms with Crippen LogP contribution in [0.5, 0.6) is 0 Å². The number of halogens is 1. The van der Waals surface area contributed by atoms with Gasteiger partial charge in [0.2, 0.25) is 0 Å². The van der Waals surface area contributed by atoms with Crippen LogP contribution in [0.3, 0.4) is 0 Å². The van der Waals surface area contributed by atoms with Gasteiger partial charge in [0, 0.05) is 0 Å². The van der Waals surface area contributed by atoms with Gasteiger partial charge in [-0.25, -0.2) is 9.18 Å². The molecule has 0 aliphatic carbocycles. The molecule has 104 valence electrons. The highest BCUT2D eigenvalue weighted by Crippen LogP contribution is 2.27. The van der Waals surface area contributed by atoms with E-state index in [2.05, 4.69) is 5.32 Å². The summed E-state index contributed by atoms with van der Waals surface area (Å²) in [6, 6.07) is 10.6. The van der Waals surface area contributed by atoms with Crippen molar-refractivity contribution in [3.8, 4) is 0 Å². The smallest absolute Gasteiger partial charge is 0.330 e. The summed E-state index contributed by atoms with van der Waals surface area (Å²) in [5, 5.41) is 12.2. The summed E-state index contributed by atoms with van der Waals surface area (Å²) in [4.78, 5) is 11.5. The lowest BCUT2D eigenvalue weighted by atomic mass is 9.96. The average Bonchev–Trinajstić information content (AvgIpc) is 2.39. The van der Waals surface area contributed by atoms with E-state index in [1.165, 1.54) is 12.1 Å². The summed E-state index contributed by atoms with van der Waals surface area (Å²) in [5.74, 6) is -1.50. The Morgan fingerprint density at radius 2 is 1.70 bits per heavy atom. The predicted molar refractivity (Wildman–Crippen MR) is 76.3 cm³/mol. The first kappa shape index (κ1) is 14.1. The van der Waals surface area contributed by atoms with Gasteiger partial charge < -0.3 is 10.4 Å². The van der Waals surface area contributed by atoms with Gasteiger partial charge in [-0.15, -0.1) is 0 Å². The van der Waals surface area contributed by atoms with E-state index in [4.69, 9.17) is 0 Å². The fourth-order valence-electron chi connectivity index (χ4n) is 2.27. The average molecular weight is 273 g/mol. The third-order valence-corrected chi connectivity index (χ3v) is 3.25. The maximum absolute atomic E-state index is 13.7. The van der Waals surface area contributed by atoms with Gasteiger partial charge in [0.25, 0.3) is 0 Å². The molecule has 1 unspecified atom stereocenters. The molecule has 2 N–H and O–H groups in total. The van der Waals surface area contributed by atoms with Crippen molar-refractivity contribution in [3.05, 3.63) is 65.0 Å². The zero-order valence-electron chi connectivity index (χ0n) is 11.4. The van der Waals surface area contributed by atoms with E-state index in [-0.39, 0.29) is 5.69 Å². The Balaban J connectivity index is 2.43. The molecule has 0 fully saturated rings. The summed E-state index contributed by atoms with van der Waals surface area (Å²) in [6.45, 7) is 3.70. The molecule has 0 amide bonds. The molecule has 4 heteroatoms. The molecule has 1 atom stereocenters. The van der Waals surface area contributed by atoms with Crippen molar-refractivity contribution in [1.82, 2.24) is 0 Å². The number of carboxylic acids is 1. The molecule has 2 aromatic rings. The molecule has 0 saturated carbocycles. The highest BCUT2D eigenvalue weighted by atomic mass is 19.1. The van der Waals surface area contributed by atoms with Crippen LogP contribution in [0.15, 0.2) is 42.5 Å². The lowest BCUT2D eigenvalue weighted by Gasteiger charge is -2.20. The van der Waals surface area contributed by atoms with Gasteiger partial charge in [-0.1, -0.05) is 30.3 Å². The highest BCUT2D eigenvalue weighted by molar-refractivity contribution is 5.80. The molecule has 2 aromatic carbocycles. The Kier molecular flexibility index (Phi) is 4.03. The first-order chi connectivity index (χ1) is 9.50. The van der Waals surface area contributed by atoms with E-state index in [0.29, 0.717) is 5.56 Å². The molecule has 0 saturated heterocycles. The first-order valence-corrected chi connectivity index (χ1v) is 6.30. The van der Waals surface area contributed by atoms with Crippen molar-refractivity contribution in [2.45, 2.75) is 19.9 Å². The number of hydrogen-bond donors (Lipinski definition) is 2. The molecule has 0 aromatic heterocycles. The fraction of sp³-hybridized carbons (Fsp3) is 0.188. The Morgan fingerprint density at radius 1 is 1.10 bits per heavy atom. The van der Waals surface area contributed by atoms with Gasteiger partial charge in [-0.2, -0.15) is 0 Å². The van der Waals surface area contributed by atoms with Crippen LogP contribution in [0.1, 0.15) is 22.7 Å². The molecule has 3 nitrogen and oxygen atoms in total. The van der Waals surface area contributed by atoms with Gasteiger partial charge >= 0.3 is 5.97 Å². The SMILES string of the molecule is Cc1cccc(C)c1C(Nc1ccccc1F)C(=O)O. The number of rotatable bonds is 4. The molecule has 2 rings (SSSR count). The van der Waals surface area contributed by atoms with Crippen LogP contribution in [0.4, 0.5) is 10.1 Å². The van der Waals surface area contributed by atoms with Crippen molar-refractivity contribution >= 4 is 11.7 Å². The number of aryl methyl sites for hydroxylation is 2. The zero-order chi connectivity index (χ0) is 14.7. The Hall–Kier alpha value is -2.36.